The maximum absolute atomic E-state index is 12.2. The van der Waals surface area contributed by atoms with E-state index in [2.05, 4.69) is 13.8 Å². The molecule has 0 saturated heterocycles. The van der Waals surface area contributed by atoms with E-state index in [1.807, 2.05) is 0 Å². The molecule has 8 atom stereocenters. The molecule has 0 unspecified atom stereocenters. The van der Waals surface area contributed by atoms with Crippen LogP contribution in [0.4, 0.5) is 0 Å². The van der Waals surface area contributed by atoms with E-state index < -0.39 is 5.60 Å². The monoisotopic (exact) mass is 416 g/mol. The van der Waals surface area contributed by atoms with Gasteiger partial charge in [-0.05, 0) is 92.4 Å². The van der Waals surface area contributed by atoms with Crippen LogP contribution in [0.25, 0.3) is 0 Å². The van der Waals surface area contributed by atoms with E-state index in [-0.39, 0.29) is 34.8 Å². The van der Waals surface area contributed by atoms with Crippen molar-refractivity contribution in [3.8, 4) is 0 Å². The van der Waals surface area contributed by atoms with Gasteiger partial charge in [-0.15, -0.1) is 0 Å². The predicted molar refractivity (Wildman–Crippen MR) is 111 cm³/mol. The van der Waals surface area contributed by atoms with Crippen LogP contribution >= 0.6 is 0 Å². The summed E-state index contributed by atoms with van der Waals surface area (Å²) >= 11 is 0. The summed E-state index contributed by atoms with van der Waals surface area (Å²) in [5, 5.41) is 12.2. The molecule has 4 aliphatic carbocycles. The third-order valence-corrected chi connectivity index (χ3v) is 10.3. The van der Waals surface area contributed by atoms with Crippen LogP contribution in [-0.2, 0) is 19.1 Å². The van der Waals surface area contributed by atoms with Crippen molar-refractivity contribution in [3.63, 3.8) is 0 Å². The number of carbonyl (C=O) groups excluding carboxylic acids is 2. The maximum atomic E-state index is 12.2. The van der Waals surface area contributed by atoms with Gasteiger partial charge in [0.1, 0.15) is 12.7 Å². The second-order valence-corrected chi connectivity index (χ2v) is 11.3. The molecule has 0 aromatic rings. The van der Waals surface area contributed by atoms with Crippen molar-refractivity contribution in [2.45, 2.75) is 90.3 Å². The predicted octanol–water partition coefficient (Wildman–Crippen LogP) is 4.18. The van der Waals surface area contributed by atoms with Gasteiger partial charge in [0.05, 0.1) is 5.60 Å². The summed E-state index contributed by atoms with van der Waals surface area (Å²) in [6, 6.07) is 0. The van der Waals surface area contributed by atoms with Crippen molar-refractivity contribution in [2.24, 2.45) is 34.5 Å². The number of ether oxygens (including phenoxy) is 2. The first-order chi connectivity index (χ1) is 14.2. The molecule has 4 fully saturated rings. The second kappa shape index (κ2) is 6.82. The molecule has 166 valence electrons. The van der Waals surface area contributed by atoms with Gasteiger partial charge in [-0.1, -0.05) is 13.8 Å². The number of cyclic esters (lactones) is 1. The minimum atomic E-state index is -0.659. The summed E-state index contributed by atoms with van der Waals surface area (Å²) < 4.78 is 10.8. The highest BCUT2D eigenvalue weighted by Gasteiger charge is 2.67. The lowest BCUT2D eigenvalue weighted by Gasteiger charge is -2.63. The second-order valence-electron chi connectivity index (χ2n) is 11.3. The van der Waals surface area contributed by atoms with Crippen LogP contribution in [0.15, 0.2) is 11.6 Å². The normalized spacial score (nSPS) is 50.1. The zero-order chi connectivity index (χ0) is 21.3. The standard InChI is InChI=1S/C25H36O5/c1-15(26)30-18-6-9-23(2)17(13-18)4-5-21-20(23)7-10-24(3)19(8-11-25(21,24)28)16-12-22(27)29-14-16/h12,17-21,28H,4-11,13-14H2,1-3H3/t17-,18+,19+,20-,21-,23+,24-,25+/m1/s1. The largest absolute Gasteiger partial charge is 0.463 e. The van der Waals surface area contributed by atoms with Crippen LogP contribution in [0.1, 0.15) is 78.6 Å². The minimum absolute atomic E-state index is 0.0665. The lowest BCUT2D eigenvalue weighted by molar-refractivity contribution is -0.209. The summed E-state index contributed by atoms with van der Waals surface area (Å²) in [7, 11) is 0. The summed E-state index contributed by atoms with van der Waals surface area (Å²) in [4.78, 5) is 23.1. The van der Waals surface area contributed by atoms with Crippen molar-refractivity contribution < 1.29 is 24.2 Å². The number of carbonyl (C=O) groups is 2. The highest BCUT2D eigenvalue weighted by molar-refractivity contribution is 5.85. The molecule has 0 aromatic carbocycles. The fourth-order valence-electron chi connectivity index (χ4n) is 8.71. The molecule has 5 rings (SSSR count). The number of fused-ring (bicyclic) bond motifs is 5. The van der Waals surface area contributed by atoms with Gasteiger partial charge in [-0.2, -0.15) is 0 Å². The first-order valence-corrected chi connectivity index (χ1v) is 11.9. The molecule has 0 spiro atoms. The molecule has 5 nitrogen and oxygen atoms in total. The fourth-order valence-corrected chi connectivity index (χ4v) is 8.71. The van der Waals surface area contributed by atoms with Gasteiger partial charge >= 0.3 is 11.9 Å². The van der Waals surface area contributed by atoms with E-state index in [0.29, 0.717) is 24.4 Å². The Bertz CT molecular complexity index is 788. The highest BCUT2D eigenvalue weighted by Crippen LogP contribution is 2.69. The van der Waals surface area contributed by atoms with Crippen molar-refractivity contribution in [2.75, 3.05) is 6.61 Å². The molecule has 4 saturated carbocycles. The molecule has 0 radical (unpaired) electrons. The van der Waals surface area contributed by atoms with Crippen molar-refractivity contribution in [3.05, 3.63) is 11.6 Å². The van der Waals surface area contributed by atoms with E-state index in [1.54, 1.807) is 6.08 Å². The van der Waals surface area contributed by atoms with Gasteiger partial charge in [0.25, 0.3) is 0 Å². The molecular formula is C25H36O5. The zero-order valence-corrected chi connectivity index (χ0v) is 18.6. The fraction of sp³-hybridized carbons (Fsp3) is 0.840. The summed E-state index contributed by atoms with van der Waals surface area (Å²) in [6.45, 7) is 6.64. The Morgan fingerprint density at radius 3 is 2.60 bits per heavy atom. The van der Waals surface area contributed by atoms with E-state index in [1.165, 1.54) is 6.92 Å². The Balaban J connectivity index is 1.40. The van der Waals surface area contributed by atoms with Crippen LogP contribution in [0.5, 0.6) is 0 Å². The van der Waals surface area contributed by atoms with Gasteiger partial charge in [-0.3, -0.25) is 4.79 Å². The molecule has 0 bridgehead atoms. The number of esters is 2. The van der Waals surface area contributed by atoms with E-state index >= 15 is 0 Å². The lowest BCUT2D eigenvalue weighted by atomic mass is 9.43. The van der Waals surface area contributed by atoms with Crippen LogP contribution < -0.4 is 0 Å². The van der Waals surface area contributed by atoms with Gasteiger partial charge < -0.3 is 14.6 Å². The molecule has 0 amide bonds. The number of hydrogen-bond donors (Lipinski definition) is 1. The average molecular weight is 417 g/mol. The summed E-state index contributed by atoms with van der Waals surface area (Å²) in [5.74, 6) is 1.29. The number of aliphatic hydroxyl groups is 1. The molecule has 30 heavy (non-hydrogen) atoms. The molecule has 0 aromatic heterocycles. The average Bonchev–Trinajstić information content (AvgIpc) is 3.22. The maximum Gasteiger partial charge on any atom is 0.331 e. The van der Waals surface area contributed by atoms with Gasteiger partial charge in [0.2, 0.25) is 0 Å². The topological polar surface area (TPSA) is 72.8 Å². The van der Waals surface area contributed by atoms with Gasteiger partial charge in [0, 0.05) is 18.4 Å². The Kier molecular flexibility index (Phi) is 4.67. The smallest absolute Gasteiger partial charge is 0.331 e. The Morgan fingerprint density at radius 1 is 1.10 bits per heavy atom. The molecule has 1 N–H and O–H groups in total. The summed E-state index contributed by atoms with van der Waals surface area (Å²) in [5.41, 5.74) is 0.485. The van der Waals surface area contributed by atoms with Crippen molar-refractivity contribution in [1.29, 1.82) is 0 Å². The molecule has 5 aliphatic rings. The quantitative estimate of drug-likeness (QED) is 0.684. The highest BCUT2D eigenvalue weighted by atomic mass is 16.5. The third kappa shape index (κ3) is 2.76. The van der Waals surface area contributed by atoms with E-state index in [4.69, 9.17) is 9.47 Å². The first kappa shape index (κ1) is 20.5. The molecular weight excluding hydrogens is 380 g/mol. The van der Waals surface area contributed by atoms with Gasteiger partial charge in [-0.25, -0.2) is 4.79 Å². The minimum Gasteiger partial charge on any atom is -0.463 e. The third-order valence-electron chi connectivity index (χ3n) is 10.3. The summed E-state index contributed by atoms with van der Waals surface area (Å²) in [6.07, 6.45) is 10.9. The molecule has 1 heterocycles. The molecule has 1 aliphatic heterocycles. The van der Waals surface area contributed by atoms with Crippen molar-refractivity contribution in [1.82, 2.24) is 0 Å². The Morgan fingerprint density at radius 2 is 1.90 bits per heavy atom. The van der Waals surface area contributed by atoms with E-state index in [0.717, 1.165) is 63.4 Å². The van der Waals surface area contributed by atoms with Gasteiger partial charge in [0.15, 0.2) is 0 Å². The SMILES string of the molecule is CC(=O)O[C@H]1CC[C@@]2(C)[C@H](CC[C@@H]3[C@H]2CC[C@]2(C)[C@H](C4=CC(=O)OC4)CC[C@]32O)C1. The van der Waals surface area contributed by atoms with E-state index in [9.17, 15) is 14.7 Å². The van der Waals surface area contributed by atoms with Crippen LogP contribution in [0.3, 0.4) is 0 Å². The van der Waals surface area contributed by atoms with Crippen molar-refractivity contribution >= 4 is 11.9 Å². The van der Waals surface area contributed by atoms with Crippen LogP contribution in [0, 0.1) is 34.5 Å². The molecule has 5 heteroatoms. The first-order valence-electron chi connectivity index (χ1n) is 11.9. The van der Waals surface area contributed by atoms with Crippen LogP contribution in [-0.4, -0.2) is 35.4 Å². The van der Waals surface area contributed by atoms with Crippen LogP contribution in [0.2, 0.25) is 0 Å². The number of hydrogen-bond acceptors (Lipinski definition) is 5. The zero-order valence-electron chi connectivity index (χ0n) is 18.6. The Hall–Kier alpha value is -1.36. The Labute approximate surface area is 179 Å². The number of rotatable bonds is 2. The lowest BCUT2D eigenvalue weighted by Crippen LogP contribution is -2.62.